The molecular formula is C15H18N2O2. The number of carbonyl (C=O) groups is 2. The van der Waals surface area contributed by atoms with Crippen LogP contribution in [-0.4, -0.2) is 24.4 Å². The van der Waals surface area contributed by atoms with Crippen LogP contribution < -0.4 is 10.2 Å². The molecule has 1 aliphatic heterocycles. The van der Waals surface area contributed by atoms with Gasteiger partial charge in [-0.1, -0.05) is 12.1 Å². The first-order valence-electron chi connectivity index (χ1n) is 6.96. The average Bonchev–Trinajstić information content (AvgIpc) is 2.54. The number of carbonyl (C=O) groups excluding carboxylic acids is 2. The van der Waals surface area contributed by atoms with E-state index < -0.39 is 0 Å². The molecule has 1 aromatic carbocycles. The number of nitrogens with one attached hydrogen (secondary N) is 1. The second-order valence-electron chi connectivity index (χ2n) is 5.27. The molecule has 19 heavy (non-hydrogen) atoms. The zero-order valence-electron chi connectivity index (χ0n) is 10.9. The zero-order valence-corrected chi connectivity index (χ0v) is 10.9. The summed E-state index contributed by atoms with van der Waals surface area (Å²) in [7, 11) is 0. The third-order valence-electron chi connectivity index (χ3n) is 3.96. The van der Waals surface area contributed by atoms with Gasteiger partial charge in [-0.3, -0.25) is 9.69 Å². The highest BCUT2D eigenvalue weighted by Crippen LogP contribution is 2.27. The molecule has 0 aromatic heterocycles. The van der Waals surface area contributed by atoms with E-state index in [-0.39, 0.29) is 11.8 Å². The van der Waals surface area contributed by atoms with Crippen LogP contribution in [0.4, 0.5) is 10.5 Å². The van der Waals surface area contributed by atoms with Gasteiger partial charge in [0.2, 0.25) is 0 Å². The van der Waals surface area contributed by atoms with Gasteiger partial charge >= 0.3 is 6.03 Å². The van der Waals surface area contributed by atoms with Gasteiger partial charge in [0.15, 0.2) is 5.78 Å². The quantitative estimate of drug-likeness (QED) is 0.842. The van der Waals surface area contributed by atoms with Crippen LogP contribution in [-0.2, 0) is 0 Å². The van der Waals surface area contributed by atoms with Crippen molar-refractivity contribution >= 4 is 17.5 Å². The molecule has 1 saturated carbocycles. The molecule has 4 nitrogen and oxygen atoms in total. The van der Waals surface area contributed by atoms with Gasteiger partial charge in [0.25, 0.3) is 0 Å². The highest BCUT2D eigenvalue weighted by molar-refractivity contribution is 6.06. The molecular weight excluding hydrogens is 240 g/mol. The summed E-state index contributed by atoms with van der Waals surface area (Å²) in [5.41, 5.74) is 1.42. The Kier molecular flexibility index (Phi) is 3.23. The molecule has 100 valence electrons. The van der Waals surface area contributed by atoms with Crippen LogP contribution in [0.2, 0.25) is 0 Å². The van der Waals surface area contributed by atoms with Gasteiger partial charge in [-0.05, 0) is 37.8 Å². The van der Waals surface area contributed by atoms with E-state index in [1.165, 1.54) is 6.42 Å². The summed E-state index contributed by atoms with van der Waals surface area (Å²) < 4.78 is 0. The standard InChI is InChI=1S/C15H18N2O2/c18-14-9-4-10-17(13-8-2-1-7-12(13)14)15(19)16-11-5-3-6-11/h1-2,7-8,11H,3-6,9-10H2,(H,16,19). The van der Waals surface area contributed by atoms with Crippen LogP contribution in [0.25, 0.3) is 0 Å². The van der Waals surface area contributed by atoms with E-state index in [1.54, 1.807) is 4.90 Å². The molecule has 1 fully saturated rings. The van der Waals surface area contributed by atoms with Crippen LogP contribution in [0.5, 0.6) is 0 Å². The fraction of sp³-hybridized carbons (Fsp3) is 0.467. The van der Waals surface area contributed by atoms with Crippen LogP contribution in [0.1, 0.15) is 42.5 Å². The lowest BCUT2D eigenvalue weighted by Gasteiger charge is -2.30. The number of rotatable bonds is 1. The van der Waals surface area contributed by atoms with Crippen LogP contribution in [0, 0.1) is 0 Å². The molecule has 2 aliphatic rings. The smallest absolute Gasteiger partial charge is 0.322 e. The van der Waals surface area contributed by atoms with E-state index in [0.717, 1.165) is 24.9 Å². The molecule has 0 unspecified atom stereocenters. The van der Waals surface area contributed by atoms with Crippen LogP contribution >= 0.6 is 0 Å². The van der Waals surface area contributed by atoms with Gasteiger partial charge in [-0.25, -0.2) is 4.79 Å². The van der Waals surface area contributed by atoms with E-state index in [1.807, 2.05) is 24.3 Å². The van der Waals surface area contributed by atoms with Gasteiger partial charge in [0.1, 0.15) is 0 Å². The highest BCUT2D eigenvalue weighted by Gasteiger charge is 2.27. The lowest BCUT2D eigenvalue weighted by Crippen LogP contribution is -2.47. The van der Waals surface area contributed by atoms with E-state index >= 15 is 0 Å². The number of Topliss-reactive ketones (excluding diaryl/α,β-unsaturated/α-hetero) is 1. The van der Waals surface area contributed by atoms with Gasteiger partial charge < -0.3 is 5.32 Å². The molecule has 4 heteroatoms. The Morgan fingerprint density at radius 2 is 2.00 bits per heavy atom. The first kappa shape index (κ1) is 12.2. The fourth-order valence-corrected chi connectivity index (χ4v) is 2.61. The van der Waals surface area contributed by atoms with Crippen molar-refractivity contribution in [2.24, 2.45) is 0 Å². The van der Waals surface area contributed by atoms with E-state index in [0.29, 0.717) is 24.6 Å². The lowest BCUT2D eigenvalue weighted by atomic mass is 9.93. The summed E-state index contributed by atoms with van der Waals surface area (Å²) in [6, 6.07) is 7.65. The highest BCUT2D eigenvalue weighted by atomic mass is 16.2. The third-order valence-corrected chi connectivity index (χ3v) is 3.96. The number of ketones is 1. The number of para-hydroxylation sites is 1. The van der Waals surface area contributed by atoms with Crippen LogP contribution in [0.3, 0.4) is 0 Å². The predicted molar refractivity (Wildman–Crippen MR) is 73.5 cm³/mol. The minimum Gasteiger partial charge on any atom is -0.335 e. The minimum atomic E-state index is -0.0631. The lowest BCUT2D eigenvalue weighted by molar-refractivity contribution is 0.0983. The van der Waals surface area contributed by atoms with Crippen molar-refractivity contribution in [2.75, 3.05) is 11.4 Å². The summed E-state index contributed by atoms with van der Waals surface area (Å²) in [6.45, 7) is 0.612. The number of amides is 2. The maximum Gasteiger partial charge on any atom is 0.322 e. The monoisotopic (exact) mass is 258 g/mol. The molecule has 1 aromatic rings. The first-order chi connectivity index (χ1) is 9.25. The summed E-state index contributed by atoms with van der Waals surface area (Å²) in [6.07, 6.45) is 4.58. The first-order valence-corrected chi connectivity index (χ1v) is 6.96. The number of nitrogens with zero attached hydrogens (tertiary/aromatic N) is 1. The van der Waals surface area contributed by atoms with E-state index in [2.05, 4.69) is 5.32 Å². The molecule has 1 aliphatic carbocycles. The Bertz CT molecular complexity index is 509. The van der Waals surface area contributed by atoms with Crippen molar-refractivity contribution in [2.45, 2.75) is 38.1 Å². The Labute approximate surface area is 112 Å². The number of benzene rings is 1. The van der Waals surface area contributed by atoms with Gasteiger partial charge in [-0.2, -0.15) is 0 Å². The number of anilines is 1. The molecule has 0 spiro atoms. The van der Waals surface area contributed by atoms with Crippen molar-refractivity contribution in [3.05, 3.63) is 29.8 Å². The Balaban J connectivity index is 1.85. The number of fused-ring (bicyclic) bond motifs is 1. The van der Waals surface area contributed by atoms with Crippen molar-refractivity contribution in [3.8, 4) is 0 Å². The molecule has 3 rings (SSSR count). The molecule has 0 bridgehead atoms. The van der Waals surface area contributed by atoms with Gasteiger partial charge in [0, 0.05) is 24.6 Å². The molecule has 1 N–H and O–H groups in total. The topological polar surface area (TPSA) is 49.4 Å². The molecule has 0 radical (unpaired) electrons. The Hall–Kier alpha value is -1.84. The zero-order chi connectivity index (χ0) is 13.2. The molecule has 0 saturated heterocycles. The number of hydrogen-bond donors (Lipinski definition) is 1. The Morgan fingerprint density at radius 1 is 1.21 bits per heavy atom. The maximum atomic E-state index is 12.3. The normalized spacial score (nSPS) is 19.4. The number of hydrogen-bond acceptors (Lipinski definition) is 2. The minimum absolute atomic E-state index is 0.0631. The molecule has 1 heterocycles. The molecule has 0 atom stereocenters. The van der Waals surface area contributed by atoms with Crippen LogP contribution in [0.15, 0.2) is 24.3 Å². The second-order valence-corrected chi connectivity index (χ2v) is 5.27. The average molecular weight is 258 g/mol. The van der Waals surface area contributed by atoms with E-state index in [9.17, 15) is 9.59 Å². The van der Waals surface area contributed by atoms with Crippen molar-refractivity contribution in [3.63, 3.8) is 0 Å². The van der Waals surface area contributed by atoms with E-state index in [4.69, 9.17) is 0 Å². The van der Waals surface area contributed by atoms with Crippen molar-refractivity contribution < 1.29 is 9.59 Å². The maximum absolute atomic E-state index is 12.3. The van der Waals surface area contributed by atoms with Crippen molar-refractivity contribution in [1.82, 2.24) is 5.32 Å². The molecule has 2 amide bonds. The summed E-state index contributed by atoms with van der Waals surface area (Å²) in [4.78, 5) is 26.1. The summed E-state index contributed by atoms with van der Waals surface area (Å²) in [5.74, 6) is 0.134. The summed E-state index contributed by atoms with van der Waals surface area (Å²) >= 11 is 0. The number of urea groups is 1. The SMILES string of the molecule is O=C1CCCN(C(=O)NC2CCC2)c2ccccc21. The summed E-state index contributed by atoms with van der Waals surface area (Å²) in [5, 5.41) is 3.05. The second kappa shape index (κ2) is 5.03. The van der Waals surface area contributed by atoms with Crippen molar-refractivity contribution in [1.29, 1.82) is 0 Å². The third kappa shape index (κ3) is 2.35. The predicted octanol–water partition coefficient (Wildman–Crippen LogP) is 2.73. The Morgan fingerprint density at radius 3 is 2.74 bits per heavy atom. The van der Waals surface area contributed by atoms with Gasteiger partial charge in [0.05, 0.1) is 5.69 Å². The fourth-order valence-electron chi connectivity index (χ4n) is 2.61. The largest absolute Gasteiger partial charge is 0.335 e. The van der Waals surface area contributed by atoms with Gasteiger partial charge in [-0.15, -0.1) is 0 Å².